The van der Waals surface area contributed by atoms with Gasteiger partial charge in [0.15, 0.2) is 0 Å². The van der Waals surface area contributed by atoms with E-state index in [9.17, 15) is 18.4 Å². The average Bonchev–Trinajstić information content (AvgIpc) is 2.81. The van der Waals surface area contributed by atoms with Gasteiger partial charge < -0.3 is 20.0 Å². The van der Waals surface area contributed by atoms with Gasteiger partial charge in [-0.3, -0.25) is 9.59 Å². The van der Waals surface area contributed by atoms with Crippen LogP contribution >= 0.6 is 0 Å². The molecular weight excluding hydrogens is 450 g/mol. The number of carbonyl (C=O) groups is 2. The summed E-state index contributed by atoms with van der Waals surface area (Å²) in [7, 11) is 7.65. The number of halogens is 2. The van der Waals surface area contributed by atoms with Crippen molar-refractivity contribution in [2.45, 2.75) is 6.54 Å². The zero-order chi connectivity index (χ0) is 25.5. The van der Waals surface area contributed by atoms with E-state index in [1.54, 1.807) is 11.0 Å². The quantitative estimate of drug-likeness (QED) is 0.491. The lowest BCUT2D eigenvalue weighted by Crippen LogP contribution is -2.36. The third-order valence-corrected chi connectivity index (χ3v) is 5.46. The predicted octanol–water partition coefficient (Wildman–Crippen LogP) is 4.49. The van der Waals surface area contributed by atoms with Crippen molar-refractivity contribution in [3.05, 3.63) is 95.1 Å². The van der Waals surface area contributed by atoms with Crippen LogP contribution < -0.4 is 10.2 Å². The Morgan fingerprint density at radius 1 is 0.800 bits per heavy atom. The number of amides is 2. The molecule has 0 heterocycles. The lowest BCUT2D eigenvalue weighted by atomic mass is 10.1. The van der Waals surface area contributed by atoms with Crippen molar-refractivity contribution in [2.75, 3.05) is 51.5 Å². The third-order valence-electron chi connectivity index (χ3n) is 5.46. The van der Waals surface area contributed by atoms with Gasteiger partial charge in [-0.25, -0.2) is 8.78 Å². The van der Waals surface area contributed by atoms with Gasteiger partial charge in [0, 0.05) is 56.2 Å². The van der Waals surface area contributed by atoms with Crippen LogP contribution in [0.25, 0.3) is 0 Å². The molecule has 8 heteroatoms. The van der Waals surface area contributed by atoms with E-state index in [4.69, 9.17) is 0 Å². The normalized spacial score (nSPS) is 10.8. The summed E-state index contributed by atoms with van der Waals surface area (Å²) in [4.78, 5) is 31.5. The molecule has 3 aromatic carbocycles. The lowest BCUT2D eigenvalue weighted by Gasteiger charge is -2.27. The number of rotatable bonds is 9. The molecule has 184 valence electrons. The minimum Gasteiger partial charge on any atom is -0.377 e. The Kier molecular flexibility index (Phi) is 8.54. The SMILES string of the molecule is CN(C)CCN(Cc1cc(NC(=O)c2cccc(F)c2)ccc1N(C)C)C(=O)c1ccc(F)cc1. The van der Waals surface area contributed by atoms with Crippen molar-refractivity contribution in [3.63, 3.8) is 0 Å². The number of carbonyl (C=O) groups excluding carboxylic acids is 2. The van der Waals surface area contributed by atoms with Gasteiger partial charge >= 0.3 is 0 Å². The molecule has 6 nitrogen and oxygen atoms in total. The zero-order valence-corrected chi connectivity index (χ0v) is 20.4. The molecule has 3 aromatic rings. The molecule has 0 aliphatic heterocycles. The van der Waals surface area contributed by atoms with E-state index in [-0.39, 0.29) is 18.0 Å². The molecule has 3 rings (SSSR count). The van der Waals surface area contributed by atoms with Crippen molar-refractivity contribution < 1.29 is 18.4 Å². The molecule has 35 heavy (non-hydrogen) atoms. The average molecular weight is 481 g/mol. The molecule has 0 radical (unpaired) electrons. The van der Waals surface area contributed by atoms with E-state index < -0.39 is 17.5 Å². The summed E-state index contributed by atoms with van der Waals surface area (Å²) in [5.41, 5.74) is 2.84. The Balaban J connectivity index is 1.90. The summed E-state index contributed by atoms with van der Waals surface area (Å²) in [6.45, 7) is 1.37. The maximum absolute atomic E-state index is 13.5. The van der Waals surface area contributed by atoms with Crippen LogP contribution in [-0.4, -0.2) is 62.9 Å². The highest BCUT2D eigenvalue weighted by atomic mass is 19.1. The zero-order valence-electron chi connectivity index (χ0n) is 20.4. The van der Waals surface area contributed by atoms with E-state index in [1.165, 1.54) is 48.5 Å². The van der Waals surface area contributed by atoms with Crippen molar-refractivity contribution in [2.24, 2.45) is 0 Å². The van der Waals surface area contributed by atoms with Gasteiger partial charge in [0.1, 0.15) is 11.6 Å². The summed E-state index contributed by atoms with van der Waals surface area (Å²) < 4.78 is 26.9. The fourth-order valence-corrected chi connectivity index (χ4v) is 3.61. The van der Waals surface area contributed by atoms with Crippen LogP contribution in [0.3, 0.4) is 0 Å². The minimum absolute atomic E-state index is 0.210. The maximum atomic E-state index is 13.5. The number of nitrogens with one attached hydrogen (secondary N) is 1. The minimum atomic E-state index is -0.489. The molecule has 0 aliphatic rings. The van der Waals surface area contributed by atoms with Crippen molar-refractivity contribution in [1.29, 1.82) is 0 Å². The Morgan fingerprint density at radius 2 is 1.51 bits per heavy atom. The van der Waals surface area contributed by atoms with E-state index in [1.807, 2.05) is 50.1 Å². The number of anilines is 2. The summed E-state index contributed by atoms with van der Waals surface area (Å²) >= 11 is 0. The van der Waals surface area contributed by atoms with Crippen LogP contribution in [0.1, 0.15) is 26.3 Å². The number of nitrogens with zero attached hydrogens (tertiary/aromatic N) is 3. The first-order valence-electron chi connectivity index (χ1n) is 11.2. The number of likely N-dealkylation sites (N-methyl/N-ethyl adjacent to an activating group) is 1. The molecule has 0 aromatic heterocycles. The Labute approximate surface area is 204 Å². The van der Waals surface area contributed by atoms with E-state index in [0.29, 0.717) is 24.3 Å². The fraction of sp³-hybridized carbons (Fsp3) is 0.259. The molecule has 1 N–H and O–H groups in total. The number of benzene rings is 3. The van der Waals surface area contributed by atoms with Gasteiger partial charge in [0.2, 0.25) is 0 Å². The van der Waals surface area contributed by atoms with Gasteiger partial charge in [-0.15, -0.1) is 0 Å². The summed E-state index contributed by atoms with van der Waals surface area (Å²) in [5, 5.41) is 2.81. The van der Waals surface area contributed by atoms with Crippen LogP contribution in [0.4, 0.5) is 20.2 Å². The van der Waals surface area contributed by atoms with Crippen molar-refractivity contribution >= 4 is 23.2 Å². The van der Waals surface area contributed by atoms with Crippen molar-refractivity contribution in [3.8, 4) is 0 Å². The van der Waals surface area contributed by atoms with Crippen LogP contribution in [0, 0.1) is 11.6 Å². The maximum Gasteiger partial charge on any atom is 0.255 e. The van der Waals surface area contributed by atoms with Gasteiger partial charge in [0.25, 0.3) is 11.8 Å². The summed E-state index contributed by atoms with van der Waals surface area (Å²) in [6, 6.07) is 16.4. The first-order valence-corrected chi connectivity index (χ1v) is 11.2. The standard InChI is InChI=1S/C27H30F2N4O2/c1-31(2)14-15-33(27(35)19-8-10-22(28)11-9-19)18-21-17-24(12-13-25(21)32(3)4)30-26(34)20-6-5-7-23(29)16-20/h5-13,16-17H,14-15,18H2,1-4H3,(H,30,34). The summed E-state index contributed by atoms with van der Waals surface area (Å²) in [6.07, 6.45) is 0. The first-order chi connectivity index (χ1) is 16.6. The molecule has 0 spiro atoms. The van der Waals surface area contributed by atoms with Crippen LogP contribution in [-0.2, 0) is 6.54 Å². The van der Waals surface area contributed by atoms with Gasteiger partial charge in [-0.05, 0) is 80.3 Å². The van der Waals surface area contributed by atoms with Gasteiger partial charge in [-0.2, -0.15) is 0 Å². The Bertz CT molecular complexity index is 1180. The summed E-state index contributed by atoms with van der Waals surface area (Å²) in [5.74, 6) is -1.54. The highest BCUT2D eigenvalue weighted by Crippen LogP contribution is 2.26. The van der Waals surface area contributed by atoms with Crippen LogP contribution in [0.15, 0.2) is 66.7 Å². The highest BCUT2D eigenvalue weighted by molar-refractivity contribution is 6.04. The second-order valence-corrected chi connectivity index (χ2v) is 8.74. The molecule has 0 bridgehead atoms. The topological polar surface area (TPSA) is 55.9 Å². The molecule has 0 aliphatic carbocycles. The van der Waals surface area contributed by atoms with E-state index in [0.717, 1.165) is 11.3 Å². The van der Waals surface area contributed by atoms with Crippen LogP contribution in [0.5, 0.6) is 0 Å². The number of hydrogen-bond donors (Lipinski definition) is 1. The fourth-order valence-electron chi connectivity index (χ4n) is 3.61. The predicted molar refractivity (Wildman–Crippen MR) is 135 cm³/mol. The number of hydrogen-bond acceptors (Lipinski definition) is 4. The monoisotopic (exact) mass is 480 g/mol. The van der Waals surface area contributed by atoms with E-state index >= 15 is 0 Å². The molecule has 0 atom stereocenters. The highest BCUT2D eigenvalue weighted by Gasteiger charge is 2.19. The second-order valence-electron chi connectivity index (χ2n) is 8.74. The molecule has 0 unspecified atom stereocenters. The smallest absolute Gasteiger partial charge is 0.255 e. The van der Waals surface area contributed by atoms with Gasteiger partial charge in [0.05, 0.1) is 0 Å². The van der Waals surface area contributed by atoms with Crippen molar-refractivity contribution in [1.82, 2.24) is 9.80 Å². The largest absolute Gasteiger partial charge is 0.377 e. The second kappa shape index (κ2) is 11.6. The van der Waals surface area contributed by atoms with Crippen LogP contribution in [0.2, 0.25) is 0 Å². The lowest BCUT2D eigenvalue weighted by molar-refractivity contribution is 0.0732. The molecule has 0 saturated heterocycles. The first kappa shape index (κ1) is 25.8. The Hall–Kier alpha value is -3.78. The van der Waals surface area contributed by atoms with Gasteiger partial charge in [-0.1, -0.05) is 6.07 Å². The molecule has 0 saturated carbocycles. The third kappa shape index (κ3) is 7.10. The molecule has 2 amide bonds. The molecule has 0 fully saturated rings. The van der Waals surface area contributed by atoms with E-state index in [2.05, 4.69) is 5.32 Å². The molecular formula is C27H30F2N4O2. The Morgan fingerprint density at radius 3 is 2.14 bits per heavy atom.